The molecule has 1 aliphatic rings. The van der Waals surface area contributed by atoms with Gasteiger partial charge in [-0.05, 0) is 55.3 Å². The Morgan fingerprint density at radius 3 is 2.42 bits per heavy atom. The molecule has 0 saturated carbocycles. The summed E-state index contributed by atoms with van der Waals surface area (Å²) in [5.74, 6) is -0.485. The molecule has 156 valence electrons. The molecule has 0 spiro atoms. The number of rotatable bonds is 4. The SMILES string of the molecule is O=NC1CCCN(C(=O)c2ccc(NC(=O)c3ccccc3Cl)cc2)c2ccccc21. The van der Waals surface area contributed by atoms with Crippen molar-refractivity contribution in [1.29, 1.82) is 0 Å². The summed E-state index contributed by atoms with van der Waals surface area (Å²) < 4.78 is 0. The molecule has 1 heterocycles. The third-order valence-electron chi connectivity index (χ3n) is 5.33. The highest BCUT2D eigenvalue weighted by atomic mass is 35.5. The number of nitrogens with zero attached hydrogens (tertiary/aromatic N) is 2. The molecule has 1 unspecified atom stereocenters. The number of hydrogen-bond acceptors (Lipinski definition) is 4. The summed E-state index contributed by atoms with van der Waals surface area (Å²) in [4.78, 5) is 38.6. The van der Waals surface area contributed by atoms with E-state index in [9.17, 15) is 14.5 Å². The maximum absolute atomic E-state index is 13.2. The number of para-hydroxylation sites is 1. The Balaban J connectivity index is 1.54. The quantitative estimate of drug-likeness (QED) is 0.525. The molecule has 3 aromatic carbocycles. The van der Waals surface area contributed by atoms with E-state index in [-0.39, 0.29) is 11.8 Å². The van der Waals surface area contributed by atoms with E-state index >= 15 is 0 Å². The zero-order valence-corrected chi connectivity index (χ0v) is 17.4. The fraction of sp³-hybridized carbons (Fsp3) is 0.167. The van der Waals surface area contributed by atoms with Crippen LogP contribution >= 0.6 is 11.6 Å². The zero-order valence-electron chi connectivity index (χ0n) is 16.6. The molecule has 4 rings (SSSR count). The number of hydrogen-bond donors (Lipinski definition) is 1. The lowest BCUT2D eigenvalue weighted by atomic mass is 10.0. The van der Waals surface area contributed by atoms with Gasteiger partial charge in [0, 0.05) is 29.0 Å². The van der Waals surface area contributed by atoms with Gasteiger partial charge < -0.3 is 10.2 Å². The lowest BCUT2D eigenvalue weighted by Gasteiger charge is -2.23. The van der Waals surface area contributed by atoms with Crippen molar-refractivity contribution in [2.24, 2.45) is 5.18 Å². The molecule has 1 atom stereocenters. The van der Waals surface area contributed by atoms with E-state index in [1.165, 1.54) is 0 Å². The topological polar surface area (TPSA) is 78.8 Å². The molecule has 0 bridgehead atoms. The van der Waals surface area contributed by atoms with Gasteiger partial charge >= 0.3 is 0 Å². The summed E-state index contributed by atoms with van der Waals surface area (Å²) in [6, 6.07) is 20.5. The Bertz CT molecular complexity index is 1130. The van der Waals surface area contributed by atoms with Gasteiger partial charge in [0.2, 0.25) is 0 Å². The summed E-state index contributed by atoms with van der Waals surface area (Å²) in [6.07, 6.45) is 1.29. The minimum Gasteiger partial charge on any atom is -0.322 e. The summed E-state index contributed by atoms with van der Waals surface area (Å²) >= 11 is 6.08. The molecule has 31 heavy (non-hydrogen) atoms. The summed E-state index contributed by atoms with van der Waals surface area (Å²) in [5, 5.41) is 6.41. The number of fused-ring (bicyclic) bond motifs is 1. The second-order valence-corrected chi connectivity index (χ2v) is 7.70. The fourth-order valence-electron chi connectivity index (χ4n) is 3.75. The molecule has 7 heteroatoms. The first-order valence-corrected chi connectivity index (χ1v) is 10.4. The molecule has 0 aromatic heterocycles. The van der Waals surface area contributed by atoms with Crippen LogP contribution in [-0.2, 0) is 0 Å². The van der Waals surface area contributed by atoms with Crippen LogP contribution in [0.15, 0.2) is 78.0 Å². The molecular formula is C24H20ClN3O3. The first-order chi connectivity index (χ1) is 15.1. The van der Waals surface area contributed by atoms with Gasteiger partial charge in [-0.15, -0.1) is 0 Å². The molecule has 3 aromatic rings. The lowest BCUT2D eigenvalue weighted by Crippen LogP contribution is -2.31. The number of nitroso groups, excluding NO2 is 1. The van der Waals surface area contributed by atoms with Gasteiger partial charge in [-0.25, -0.2) is 0 Å². The van der Waals surface area contributed by atoms with E-state index < -0.39 is 6.04 Å². The van der Waals surface area contributed by atoms with Gasteiger partial charge in [0.1, 0.15) is 6.04 Å². The first kappa shape index (κ1) is 20.8. The summed E-state index contributed by atoms with van der Waals surface area (Å²) in [7, 11) is 0. The highest BCUT2D eigenvalue weighted by molar-refractivity contribution is 6.34. The average Bonchev–Trinajstić information content (AvgIpc) is 2.99. The molecule has 1 N–H and O–H groups in total. The fourth-order valence-corrected chi connectivity index (χ4v) is 3.97. The Hall–Kier alpha value is -3.51. The average molecular weight is 434 g/mol. The number of carbonyl (C=O) groups is 2. The van der Waals surface area contributed by atoms with E-state index in [1.54, 1.807) is 53.4 Å². The smallest absolute Gasteiger partial charge is 0.258 e. The highest BCUT2D eigenvalue weighted by Crippen LogP contribution is 2.35. The van der Waals surface area contributed by atoms with Crippen LogP contribution < -0.4 is 10.2 Å². The molecule has 0 saturated heterocycles. The molecule has 0 radical (unpaired) electrons. The second kappa shape index (κ2) is 9.10. The van der Waals surface area contributed by atoms with Crippen molar-refractivity contribution in [2.75, 3.05) is 16.8 Å². The standard InChI is InChI=1S/C24H20ClN3O3/c25-20-8-3-1-6-18(20)23(29)26-17-13-11-16(12-14-17)24(30)28-15-5-9-21(27-31)19-7-2-4-10-22(19)28/h1-4,6-8,10-14,21H,5,9,15H2,(H,26,29). The number of carbonyl (C=O) groups excluding carboxylic acids is 2. The van der Waals surface area contributed by atoms with Crippen molar-refractivity contribution in [3.8, 4) is 0 Å². The third kappa shape index (κ3) is 4.34. The van der Waals surface area contributed by atoms with Gasteiger partial charge in [-0.3, -0.25) is 9.59 Å². The molecule has 0 fully saturated rings. The van der Waals surface area contributed by atoms with E-state index in [4.69, 9.17) is 11.6 Å². The predicted molar refractivity (Wildman–Crippen MR) is 122 cm³/mol. The van der Waals surface area contributed by atoms with Crippen LogP contribution in [0, 0.1) is 4.91 Å². The van der Waals surface area contributed by atoms with Crippen molar-refractivity contribution in [3.63, 3.8) is 0 Å². The summed E-state index contributed by atoms with van der Waals surface area (Å²) in [6.45, 7) is 0.507. The van der Waals surface area contributed by atoms with Crippen LogP contribution in [0.3, 0.4) is 0 Å². The third-order valence-corrected chi connectivity index (χ3v) is 5.66. The van der Waals surface area contributed by atoms with Crippen LogP contribution in [0.1, 0.15) is 45.2 Å². The normalized spacial score (nSPS) is 15.5. The van der Waals surface area contributed by atoms with Crippen LogP contribution in [0.4, 0.5) is 11.4 Å². The van der Waals surface area contributed by atoms with E-state index in [1.807, 2.05) is 24.3 Å². The van der Waals surface area contributed by atoms with Gasteiger partial charge in [-0.1, -0.05) is 47.1 Å². The number of nitrogens with one attached hydrogen (secondary N) is 1. The number of anilines is 2. The van der Waals surface area contributed by atoms with Gasteiger partial charge in [0.15, 0.2) is 0 Å². The minimum absolute atomic E-state index is 0.164. The largest absolute Gasteiger partial charge is 0.322 e. The van der Waals surface area contributed by atoms with Crippen LogP contribution in [0.2, 0.25) is 5.02 Å². The van der Waals surface area contributed by atoms with E-state index in [0.29, 0.717) is 46.9 Å². The Kier molecular flexibility index (Phi) is 6.09. The highest BCUT2D eigenvalue weighted by Gasteiger charge is 2.27. The molecule has 0 aliphatic carbocycles. The van der Waals surface area contributed by atoms with Crippen LogP contribution in [0.5, 0.6) is 0 Å². The zero-order chi connectivity index (χ0) is 21.8. The van der Waals surface area contributed by atoms with Crippen molar-refractivity contribution in [3.05, 3.63) is 99.4 Å². The lowest BCUT2D eigenvalue weighted by molar-refractivity contribution is 0.0985. The minimum atomic E-state index is -0.448. The maximum atomic E-state index is 13.2. The summed E-state index contributed by atoms with van der Waals surface area (Å²) in [5.41, 5.74) is 2.91. The van der Waals surface area contributed by atoms with Crippen LogP contribution in [-0.4, -0.2) is 18.4 Å². The molecular weight excluding hydrogens is 414 g/mol. The van der Waals surface area contributed by atoms with Crippen molar-refractivity contribution in [2.45, 2.75) is 18.9 Å². The number of benzene rings is 3. The van der Waals surface area contributed by atoms with Crippen molar-refractivity contribution >= 4 is 34.8 Å². The van der Waals surface area contributed by atoms with Crippen molar-refractivity contribution in [1.82, 2.24) is 0 Å². The van der Waals surface area contributed by atoms with Crippen LogP contribution in [0.25, 0.3) is 0 Å². The van der Waals surface area contributed by atoms with Crippen molar-refractivity contribution < 1.29 is 9.59 Å². The second-order valence-electron chi connectivity index (χ2n) is 7.29. The molecule has 2 amide bonds. The predicted octanol–water partition coefficient (Wildman–Crippen LogP) is 5.84. The monoisotopic (exact) mass is 433 g/mol. The van der Waals surface area contributed by atoms with Gasteiger partial charge in [0.25, 0.3) is 11.8 Å². The molecule has 6 nitrogen and oxygen atoms in total. The molecule has 1 aliphatic heterocycles. The Morgan fingerprint density at radius 2 is 1.68 bits per heavy atom. The van der Waals surface area contributed by atoms with E-state index in [0.717, 1.165) is 5.56 Å². The van der Waals surface area contributed by atoms with E-state index in [2.05, 4.69) is 10.5 Å². The maximum Gasteiger partial charge on any atom is 0.258 e. The number of halogens is 1. The van der Waals surface area contributed by atoms with Gasteiger partial charge in [0.05, 0.1) is 10.6 Å². The van der Waals surface area contributed by atoms with Gasteiger partial charge in [-0.2, -0.15) is 4.91 Å². The first-order valence-electron chi connectivity index (χ1n) is 9.97. The Labute approximate surface area is 184 Å². The Morgan fingerprint density at radius 1 is 0.968 bits per heavy atom. The number of amides is 2.